The van der Waals surface area contributed by atoms with Gasteiger partial charge in [-0.05, 0) is 36.2 Å². The third kappa shape index (κ3) is 6.33. The number of thioether (sulfide) groups is 1. The molecule has 2 amide bonds. The van der Waals surface area contributed by atoms with Crippen molar-refractivity contribution in [3.05, 3.63) is 65.2 Å². The van der Waals surface area contributed by atoms with Crippen molar-refractivity contribution in [2.45, 2.75) is 17.9 Å². The number of rotatable bonds is 6. The molecule has 3 rings (SSSR count). The molecule has 2 aromatic carbocycles. The van der Waals surface area contributed by atoms with Gasteiger partial charge in [0.2, 0.25) is 5.91 Å². The van der Waals surface area contributed by atoms with Crippen LogP contribution in [0.5, 0.6) is 0 Å². The largest absolute Gasteiger partial charge is 0.348 e. The van der Waals surface area contributed by atoms with Crippen molar-refractivity contribution in [3.8, 4) is 6.07 Å². The Morgan fingerprint density at radius 1 is 1.03 bits per heavy atom. The van der Waals surface area contributed by atoms with Crippen LogP contribution in [0, 0.1) is 11.3 Å². The molecule has 0 radical (unpaired) electrons. The molecule has 0 bridgehead atoms. The predicted octanol–water partition coefficient (Wildman–Crippen LogP) is 3.09. The SMILES string of the molecule is CN(C)C(=O)CSc1ccccc1C(=O)N1CCCN(Cc2ccc(C#N)cc2)CC1. The summed E-state index contributed by atoms with van der Waals surface area (Å²) >= 11 is 1.41. The Morgan fingerprint density at radius 3 is 2.48 bits per heavy atom. The molecule has 0 unspecified atom stereocenters. The molecule has 1 fully saturated rings. The van der Waals surface area contributed by atoms with Crippen LogP contribution in [0.1, 0.15) is 27.9 Å². The number of hydrogen-bond donors (Lipinski definition) is 0. The molecule has 1 aliphatic rings. The fourth-order valence-electron chi connectivity index (χ4n) is 3.48. The normalized spacial score (nSPS) is 14.5. The van der Waals surface area contributed by atoms with Gasteiger partial charge in [0.15, 0.2) is 0 Å². The van der Waals surface area contributed by atoms with Crippen LogP contribution in [-0.4, -0.2) is 72.5 Å². The smallest absolute Gasteiger partial charge is 0.255 e. The average molecular weight is 437 g/mol. The Bertz CT molecular complexity index is 953. The first-order chi connectivity index (χ1) is 15.0. The molecular formula is C24H28N4O2S. The monoisotopic (exact) mass is 436 g/mol. The van der Waals surface area contributed by atoms with Gasteiger partial charge in [0.1, 0.15) is 0 Å². The lowest BCUT2D eigenvalue weighted by Gasteiger charge is -2.23. The van der Waals surface area contributed by atoms with E-state index in [9.17, 15) is 9.59 Å². The maximum atomic E-state index is 13.3. The van der Waals surface area contributed by atoms with Crippen LogP contribution in [0.3, 0.4) is 0 Å². The molecule has 0 N–H and O–H groups in total. The lowest BCUT2D eigenvalue weighted by molar-refractivity contribution is -0.125. The van der Waals surface area contributed by atoms with E-state index in [1.165, 1.54) is 17.3 Å². The molecule has 0 saturated carbocycles. The minimum absolute atomic E-state index is 0.0282. The van der Waals surface area contributed by atoms with Crippen LogP contribution in [0.15, 0.2) is 53.4 Å². The Hall–Kier alpha value is -2.82. The fourth-order valence-corrected chi connectivity index (χ4v) is 4.51. The zero-order chi connectivity index (χ0) is 22.2. The first kappa shape index (κ1) is 22.9. The Balaban J connectivity index is 1.61. The quantitative estimate of drug-likeness (QED) is 0.651. The van der Waals surface area contributed by atoms with Gasteiger partial charge in [-0.15, -0.1) is 11.8 Å². The summed E-state index contributed by atoms with van der Waals surface area (Å²) in [6, 6.07) is 17.4. The van der Waals surface area contributed by atoms with Gasteiger partial charge in [-0.2, -0.15) is 5.26 Å². The molecule has 0 spiro atoms. The topological polar surface area (TPSA) is 67.7 Å². The van der Waals surface area contributed by atoms with Crippen LogP contribution in [0.25, 0.3) is 0 Å². The van der Waals surface area contributed by atoms with E-state index >= 15 is 0 Å². The third-order valence-corrected chi connectivity index (χ3v) is 6.39. The standard InChI is InChI=1S/C24H28N4O2S/c1-26(2)23(29)18-31-22-7-4-3-6-21(22)24(30)28-13-5-12-27(14-15-28)17-20-10-8-19(16-25)9-11-20/h3-4,6-11H,5,12-15,17-18H2,1-2H3. The summed E-state index contributed by atoms with van der Waals surface area (Å²) < 4.78 is 0. The molecule has 1 heterocycles. The van der Waals surface area contributed by atoms with Crippen molar-refractivity contribution in [2.24, 2.45) is 0 Å². The highest BCUT2D eigenvalue weighted by atomic mass is 32.2. The van der Waals surface area contributed by atoms with Crippen molar-refractivity contribution in [2.75, 3.05) is 46.0 Å². The minimum Gasteiger partial charge on any atom is -0.348 e. The maximum absolute atomic E-state index is 13.3. The van der Waals surface area contributed by atoms with Crippen molar-refractivity contribution in [1.29, 1.82) is 5.26 Å². The van der Waals surface area contributed by atoms with Crippen LogP contribution in [-0.2, 0) is 11.3 Å². The second-order valence-electron chi connectivity index (χ2n) is 7.80. The molecule has 1 saturated heterocycles. The first-order valence-corrected chi connectivity index (χ1v) is 11.4. The molecule has 2 aromatic rings. The van der Waals surface area contributed by atoms with Gasteiger partial charge in [0.25, 0.3) is 5.91 Å². The van der Waals surface area contributed by atoms with E-state index in [0.717, 1.165) is 37.5 Å². The van der Waals surface area contributed by atoms with Gasteiger partial charge in [-0.3, -0.25) is 14.5 Å². The molecule has 31 heavy (non-hydrogen) atoms. The van der Waals surface area contributed by atoms with E-state index in [2.05, 4.69) is 11.0 Å². The highest BCUT2D eigenvalue weighted by molar-refractivity contribution is 8.00. The van der Waals surface area contributed by atoms with Gasteiger partial charge < -0.3 is 9.80 Å². The summed E-state index contributed by atoms with van der Waals surface area (Å²) in [6.07, 6.45) is 0.913. The summed E-state index contributed by atoms with van der Waals surface area (Å²) in [5.41, 5.74) is 2.51. The van der Waals surface area contributed by atoms with Crippen LogP contribution < -0.4 is 0 Å². The summed E-state index contributed by atoms with van der Waals surface area (Å²) in [4.78, 5) is 31.9. The predicted molar refractivity (Wildman–Crippen MR) is 123 cm³/mol. The maximum Gasteiger partial charge on any atom is 0.255 e. The number of benzene rings is 2. The number of nitriles is 1. The van der Waals surface area contributed by atoms with E-state index in [1.807, 2.05) is 53.4 Å². The van der Waals surface area contributed by atoms with Gasteiger partial charge in [0, 0.05) is 51.7 Å². The number of amides is 2. The number of nitrogens with zero attached hydrogens (tertiary/aromatic N) is 4. The van der Waals surface area contributed by atoms with Gasteiger partial charge in [-0.1, -0.05) is 24.3 Å². The van der Waals surface area contributed by atoms with Gasteiger partial charge >= 0.3 is 0 Å². The van der Waals surface area contributed by atoms with Crippen molar-refractivity contribution in [1.82, 2.24) is 14.7 Å². The van der Waals surface area contributed by atoms with E-state index in [1.54, 1.807) is 19.0 Å². The summed E-state index contributed by atoms with van der Waals surface area (Å²) in [7, 11) is 3.47. The summed E-state index contributed by atoms with van der Waals surface area (Å²) in [5, 5.41) is 8.95. The molecule has 1 aliphatic heterocycles. The summed E-state index contributed by atoms with van der Waals surface area (Å²) in [6.45, 7) is 3.94. The average Bonchev–Trinajstić information content (AvgIpc) is 3.03. The second-order valence-corrected chi connectivity index (χ2v) is 8.82. The third-order valence-electron chi connectivity index (χ3n) is 5.33. The Labute approximate surface area is 188 Å². The van der Waals surface area contributed by atoms with E-state index in [-0.39, 0.29) is 11.8 Å². The molecular weight excluding hydrogens is 408 g/mol. The molecule has 0 aliphatic carbocycles. The van der Waals surface area contributed by atoms with E-state index in [0.29, 0.717) is 23.4 Å². The van der Waals surface area contributed by atoms with Crippen LogP contribution in [0.4, 0.5) is 0 Å². The Kier molecular flexibility index (Phi) is 8.10. The van der Waals surface area contributed by atoms with Crippen molar-refractivity contribution in [3.63, 3.8) is 0 Å². The van der Waals surface area contributed by atoms with Crippen molar-refractivity contribution >= 4 is 23.6 Å². The van der Waals surface area contributed by atoms with Crippen LogP contribution in [0.2, 0.25) is 0 Å². The molecule has 6 nitrogen and oxygen atoms in total. The van der Waals surface area contributed by atoms with Crippen LogP contribution >= 0.6 is 11.8 Å². The molecule has 7 heteroatoms. The molecule has 162 valence electrons. The Morgan fingerprint density at radius 2 is 1.77 bits per heavy atom. The molecule has 0 atom stereocenters. The number of carbonyl (C=O) groups is 2. The lowest BCUT2D eigenvalue weighted by Crippen LogP contribution is -2.35. The zero-order valence-electron chi connectivity index (χ0n) is 18.1. The summed E-state index contributed by atoms with van der Waals surface area (Å²) in [5.74, 6) is 0.372. The first-order valence-electron chi connectivity index (χ1n) is 10.4. The minimum atomic E-state index is 0.0282. The van der Waals surface area contributed by atoms with Gasteiger partial charge in [0.05, 0.1) is 22.9 Å². The van der Waals surface area contributed by atoms with E-state index < -0.39 is 0 Å². The second kappa shape index (κ2) is 11.0. The highest BCUT2D eigenvalue weighted by Crippen LogP contribution is 2.24. The number of carbonyl (C=O) groups excluding carboxylic acids is 2. The van der Waals surface area contributed by atoms with Crippen molar-refractivity contribution < 1.29 is 9.59 Å². The zero-order valence-corrected chi connectivity index (χ0v) is 18.9. The van der Waals surface area contributed by atoms with E-state index in [4.69, 9.17) is 5.26 Å². The lowest BCUT2D eigenvalue weighted by atomic mass is 10.1. The highest BCUT2D eigenvalue weighted by Gasteiger charge is 2.22. The van der Waals surface area contributed by atoms with Gasteiger partial charge in [-0.25, -0.2) is 0 Å². The number of hydrogen-bond acceptors (Lipinski definition) is 5. The molecule has 0 aromatic heterocycles. The fraction of sp³-hybridized carbons (Fsp3) is 0.375.